The third kappa shape index (κ3) is 4.07. The molecule has 4 aliphatic heterocycles. The normalized spacial score (nSPS) is 18.6. The SMILES string of the molecule is CN1c2cc3c(cc2-c2sccc2C1(C)C)C(c1c(F)c(F)cc(F)c1S(=O)(=O)[O-])=c1cc2c(cc1O3)=[N+](C)C(C)(C)C1=C2SCC1. The van der Waals surface area contributed by atoms with Gasteiger partial charge in [0, 0.05) is 87.3 Å². The Labute approximate surface area is 278 Å². The van der Waals surface area contributed by atoms with E-state index in [-0.39, 0.29) is 39.5 Å². The smallest absolute Gasteiger partial charge is 0.212 e. The Balaban J connectivity index is 1.57. The Bertz CT molecular complexity index is 2410. The van der Waals surface area contributed by atoms with E-state index in [0.29, 0.717) is 0 Å². The van der Waals surface area contributed by atoms with Gasteiger partial charge in [0.05, 0.1) is 17.2 Å². The number of halogens is 3. The Morgan fingerprint density at radius 3 is 2.45 bits per heavy atom. The third-order valence-electron chi connectivity index (χ3n) is 10.4. The molecule has 0 aliphatic carbocycles. The van der Waals surface area contributed by atoms with Crippen LogP contribution in [0.15, 0.2) is 52.2 Å². The maximum Gasteiger partial charge on any atom is 0.212 e. The molecule has 6 nitrogen and oxygen atoms in total. The zero-order chi connectivity index (χ0) is 33.5. The maximum atomic E-state index is 16.1. The average Bonchev–Trinajstić information content (AvgIpc) is 3.70. The highest BCUT2D eigenvalue weighted by molar-refractivity contribution is 8.08. The summed E-state index contributed by atoms with van der Waals surface area (Å²) in [4.78, 5) is 2.66. The van der Waals surface area contributed by atoms with E-state index in [4.69, 9.17) is 4.74 Å². The molecule has 0 atom stereocenters. The number of nitrogens with zero attached hydrogens (tertiary/aromatic N) is 2. The van der Waals surface area contributed by atoms with Gasteiger partial charge in [0.25, 0.3) is 0 Å². The van der Waals surface area contributed by atoms with Crippen molar-refractivity contribution in [3.63, 3.8) is 0 Å². The Hall–Kier alpha value is -3.58. The number of hydrogen-bond donors (Lipinski definition) is 0. The van der Waals surface area contributed by atoms with Crippen LogP contribution in [0.4, 0.5) is 18.9 Å². The minimum atomic E-state index is -5.62. The lowest BCUT2D eigenvalue weighted by Crippen LogP contribution is -2.49. The summed E-state index contributed by atoms with van der Waals surface area (Å²) in [6, 6.07) is 9.25. The Kier molecular flexibility index (Phi) is 6.37. The summed E-state index contributed by atoms with van der Waals surface area (Å²) in [5, 5.41) is 3.05. The molecule has 0 radical (unpaired) electrons. The molecule has 12 heteroatoms. The van der Waals surface area contributed by atoms with Crippen molar-refractivity contribution in [1.29, 1.82) is 0 Å². The molecule has 4 aliphatic rings. The number of rotatable bonds is 2. The molecule has 3 aromatic carbocycles. The fourth-order valence-electron chi connectivity index (χ4n) is 7.46. The van der Waals surface area contributed by atoms with Gasteiger partial charge in [0.15, 0.2) is 17.2 Å². The lowest BCUT2D eigenvalue weighted by atomic mass is 9.83. The van der Waals surface area contributed by atoms with Gasteiger partial charge in [-0.15, -0.1) is 23.1 Å². The van der Waals surface area contributed by atoms with E-state index in [2.05, 4.69) is 37.2 Å². The van der Waals surface area contributed by atoms with Gasteiger partial charge in [-0.05, 0) is 49.4 Å². The Morgan fingerprint density at radius 1 is 0.979 bits per heavy atom. The molecule has 0 N–H and O–H groups in total. The Morgan fingerprint density at radius 2 is 1.72 bits per heavy atom. The van der Waals surface area contributed by atoms with Crippen molar-refractivity contribution in [1.82, 2.24) is 4.58 Å². The predicted octanol–water partition coefficient (Wildman–Crippen LogP) is 6.54. The van der Waals surface area contributed by atoms with E-state index in [1.807, 2.05) is 25.5 Å². The predicted molar refractivity (Wildman–Crippen MR) is 178 cm³/mol. The third-order valence-corrected chi connectivity index (χ3v) is 13.4. The van der Waals surface area contributed by atoms with Crippen LogP contribution in [0.3, 0.4) is 0 Å². The summed E-state index contributed by atoms with van der Waals surface area (Å²) in [5.74, 6) is -3.55. The van der Waals surface area contributed by atoms with Crippen molar-refractivity contribution < 1.29 is 30.9 Å². The van der Waals surface area contributed by atoms with Gasteiger partial charge in [0.2, 0.25) is 5.36 Å². The van der Waals surface area contributed by atoms with E-state index in [0.717, 1.165) is 49.7 Å². The highest BCUT2D eigenvalue weighted by Gasteiger charge is 2.43. The first-order valence-corrected chi connectivity index (χ1v) is 18.3. The average molecular weight is 695 g/mol. The highest BCUT2D eigenvalue weighted by atomic mass is 32.2. The van der Waals surface area contributed by atoms with Gasteiger partial charge in [-0.1, -0.05) is 0 Å². The summed E-state index contributed by atoms with van der Waals surface area (Å²) in [7, 11) is -1.68. The van der Waals surface area contributed by atoms with E-state index in [1.165, 1.54) is 16.9 Å². The van der Waals surface area contributed by atoms with Gasteiger partial charge >= 0.3 is 0 Å². The molecule has 0 spiro atoms. The monoisotopic (exact) mass is 694 g/mol. The summed E-state index contributed by atoms with van der Waals surface area (Å²) in [5.41, 5.74) is 3.11. The first-order chi connectivity index (χ1) is 22.0. The van der Waals surface area contributed by atoms with Crippen LogP contribution < -0.4 is 24.8 Å². The zero-order valence-electron chi connectivity index (χ0n) is 26.3. The van der Waals surface area contributed by atoms with Gasteiger partial charge < -0.3 is 14.2 Å². The molecule has 47 heavy (non-hydrogen) atoms. The number of hydrogen-bond acceptors (Lipinski definition) is 7. The van der Waals surface area contributed by atoms with Gasteiger partial charge in [-0.2, -0.15) is 0 Å². The van der Waals surface area contributed by atoms with Crippen LogP contribution in [-0.4, -0.2) is 38.4 Å². The molecule has 1 aromatic heterocycles. The van der Waals surface area contributed by atoms with Crippen LogP contribution in [0, 0.1) is 17.5 Å². The minimum absolute atomic E-state index is 0.101. The maximum absolute atomic E-state index is 16.1. The van der Waals surface area contributed by atoms with Crippen molar-refractivity contribution >= 4 is 49.4 Å². The summed E-state index contributed by atoms with van der Waals surface area (Å²) < 4.78 is 93.2. The molecule has 5 heterocycles. The van der Waals surface area contributed by atoms with Crippen LogP contribution in [0.25, 0.3) is 20.9 Å². The fraction of sp³-hybridized carbons (Fsp3) is 0.286. The van der Waals surface area contributed by atoms with Crippen molar-refractivity contribution in [3.05, 3.63) is 97.6 Å². The number of fused-ring (bicyclic) bond motifs is 7. The molecule has 8 rings (SSSR count). The molecule has 0 amide bonds. The summed E-state index contributed by atoms with van der Waals surface area (Å²) in [6.07, 6.45) is 0.866. The second-order valence-electron chi connectivity index (χ2n) is 13.3. The van der Waals surface area contributed by atoms with Crippen molar-refractivity contribution in [3.8, 4) is 21.9 Å². The second kappa shape index (κ2) is 9.74. The van der Waals surface area contributed by atoms with Crippen LogP contribution >= 0.6 is 23.1 Å². The number of benzene rings is 3. The van der Waals surface area contributed by atoms with Gasteiger partial charge in [-0.3, -0.25) is 0 Å². The molecular weight excluding hydrogens is 666 g/mol. The standard InChI is InChI=1S/C35H29F3N2O4S3/c1-34(2)20-7-9-45-31(20)16-11-18-26(14-24(16)39(34)5)44-27-15-25-17(32-21(8-10-46-32)35(3,4)40(25)6)12-19(27)28(18)29-30(38)22(36)13-23(37)33(29)47(41,42)43/h7,9,11-15H,8,10H2,1-6H3. The first-order valence-electron chi connectivity index (χ1n) is 15.0. The van der Waals surface area contributed by atoms with Crippen LogP contribution in [-0.2, 0) is 15.7 Å². The van der Waals surface area contributed by atoms with Gasteiger partial charge in [0.1, 0.15) is 39.4 Å². The lowest BCUT2D eigenvalue weighted by molar-refractivity contribution is 0.406. The number of anilines is 1. The van der Waals surface area contributed by atoms with E-state index >= 15 is 13.2 Å². The lowest BCUT2D eigenvalue weighted by Gasteiger charge is -2.43. The topological polar surface area (TPSA) is 72.7 Å². The van der Waals surface area contributed by atoms with Gasteiger partial charge in [-0.25, -0.2) is 26.2 Å². The van der Waals surface area contributed by atoms with Crippen LogP contribution in [0.1, 0.15) is 56.4 Å². The number of likely N-dealkylation sites (N-methyl/N-ethyl adjacent to an activating group) is 1. The minimum Gasteiger partial charge on any atom is -0.744 e. The van der Waals surface area contributed by atoms with Crippen molar-refractivity contribution in [2.45, 2.75) is 50.1 Å². The zero-order valence-corrected chi connectivity index (χ0v) is 28.8. The molecule has 0 saturated heterocycles. The van der Waals surface area contributed by atoms with Crippen molar-refractivity contribution in [2.75, 3.05) is 24.7 Å². The first kappa shape index (κ1) is 30.7. The molecule has 0 bridgehead atoms. The number of ether oxygens (including phenoxy) is 1. The molecule has 4 aromatic rings. The summed E-state index contributed by atoms with van der Waals surface area (Å²) >= 11 is 3.21. The van der Waals surface area contributed by atoms with E-state index < -0.39 is 43.6 Å². The molecule has 242 valence electrons. The quantitative estimate of drug-likeness (QED) is 0.119. The van der Waals surface area contributed by atoms with E-state index in [1.54, 1.807) is 36.0 Å². The number of thioether (sulfide) groups is 1. The number of thiophene rings is 1. The molecule has 0 fully saturated rings. The summed E-state index contributed by atoms with van der Waals surface area (Å²) in [6.45, 7) is 8.48. The molecule has 0 saturated carbocycles. The second-order valence-corrected chi connectivity index (χ2v) is 16.7. The van der Waals surface area contributed by atoms with Crippen LogP contribution in [0.5, 0.6) is 11.5 Å². The fourth-order valence-corrected chi connectivity index (χ4v) is 10.6. The highest BCUT2D eigenvalue weighted by Crippen LogP contribution is 2.53. The molecule has 0 unspecified atom stereocenters. The van der Waals surface area contributed by atoms with Crippen LogP contribution in [0.2, 0.25) is 0 Å². The van der Waals surface area contributed by atoms with E-state index in [9.17, 15) is 13.0 Å². The van der Waals surface area contributed by atoms with Crippen molar-refractivity contribution in [2.24, 2.45) is 0 Å². The largest absolute Gasteiger partial charge is 0.744 e. The molecular formula is C35H29F3N2O4S3.